The van der Waals surface area contributed by atoms with Crippen LogP contribution in [0.5, 0.6) is 0 Å². The predicted molar refractivity (Wildman–Crippen MR) is 76.1 cm³/mol. The Morgan fingerprint density at radius 2 is 1.95 bits per heavy atom. The molecule has 0 radical (unpaired) electrons. The minimum atomic E-state index is 0.0593. The van der Waals surface area contributed by atoms with Crippen molar-refractivity contribution in [3.8, 4) is 0 Å². The number of rotatable bonds is 7. The maximum Gasteiger partial charge on any atom is 0.223 e. The Kier molecular flexibility index (Phi) is 5.02. The van der Waals surface area contributed by atoms with Gasteiger partial charge in [0.2, 0.25) is 5.91 Å². The highest BCUT2D eigenvalue weighted by molar-refractivity contribution is 5.75. The minimum Gasteiger partial charge on any atom is -0.338 e. The van der Waals surface area contributed by atoms with E-state index >= 15 is 0 Å². The first-order valence-electron chi connectivity index (χ1n) is 7.05. The van der Waals surface area contributed by atoms with Crippen molar-refractivity contribution in [2.45, 2.75) is 39.3 Å². The summed E-state index contributed by atoms with van der Waals surface area (Å²) in [5.74, 6) is 1.68. The highest BCUT2D eigenvalue weighted by Crippen LogP contribution is 2.05. The summed E-state index contributed by atoms with van der Waals surface area (Å²) >= 11 is 0. The Hall–Kier alpha value is -2.25. The summed E-state index contributed by atoms with van der Waals surface area (Å²) in [6.45, 7) is 3.43. The molecule has 8 nitrogen and oxygen atoms in total. The van der Waals surface area contributed by atoms with Crippen LogP contribution in [0.4, 0.5) is 0 Å². The normalized spacial score (nSPS) is 10.8. The minimum absolute atomic E-state index is 0.0593. The van der Waals surface area contributed by atoms with Crippen LogP contribution in [0.2, 0.25) is 0 Å². The number of aromatic nitrogens is 6. The molecule has 0 atom stereocenters. The second-order valence-electron chi connectivity index (χ2n) is 5.05. The molecule has 2 aromatic rings. The van der Waals surface area contributed by atoms with Crippen molar-refractivity contribution in [1.29, 1.82) is 0 Å². The fourth-order valence-electron chi connectivity index (χ4n) is 2.07. The van der Waals surface area contributed by atoms with Crippen molar-refractivity contribution in [3.05, 3.63) is 24.3 Å². The van der Waals surface area contributed by atoms with Crippen LogP contribution in [0.1, 0.15) is 31.4 Å². The Bertz CT molecular complexity index is 589. The van der Waals surface area contributed by atoms with Gasteiger partial charge in [0, 0.05) is 33.5 Å². The molecule has 1 amide bonds. The lowest BCUT2D eigenvalue weighted by Crippen LogP contribution is -2.28. The van der Waals surface area contributed by atoms with E-state index in [1.54, 1.807) is 24.6 Å². The molecule has 21 heavy (non-hydrogen) atoms. The summed E-state index contributed by atoms with van der Waals surface area (Å²) in [6.07, 6.45) is 5.34. The third-order valence-corrected chi connectivity index (χ3v) is 3.33. The van der Waals surface area contributed by atoms with Gasteiger partial charge >= 0.3 is 0 Å². The van der Waals surface area contributed by atoms with Crippen molar-refractivity contribution in [1.82, 2.24) is 34.4 Å². The molecule has 0 saturated carbocycles. The lowest BCUT2D eigenvalue weighted by atomic mass is 10.2. The second kappa shape index (κ2) is 6.96. The molecule has 0 aliphatic heterocycles. The highest BCUT2D eigenvalue weighted by Gasteiger charge is 2.14. The van der Waals surface area contributed by atoms with E-state index in [0.717, 1.165) is 24.6 Å². The zero-order valence-corrected chi connectivity index (χ0v) is 12.7. The highest BCUT2D eigenvalue weighted by atomic mass is 16.2. The Balaban J connectivity index is 1.87. The molecule has 0 N–H and O–H groups in total. The summed E-state index contributed by atoms with van der Waals surface area (Å²) < 4.78 is 3.80. The zero-order chi connectivity index (χ0) is 15.2. The summed E-state index contributed by atoms with van der Waals surface area (Å²) in [7, 11) is 3.65. The van der Waals surface area contributed by atoms with E-state index in [2.05, 4.69) is 27.3 Å². The number of carbonyl (C=O) groups excluding carboxylic acids is 1. The van der Waals surface area contributed by atoms with Crippen LogP contribution in [0.25, 0.3) is 0 Å². The van der Waals surface area contributed by atoms with Crippen LogP contribution >= 0.6 is 0 Å². The first-order chi connectivity index (χ1) is 10.1. The standard InChI is InChI=1S/C13H21N7O/c1-4-7-20-10-15-17-12(20)8-18(2)13(21)6-5-11-16-14-9-19(11)3/h9-10H,4-8H2,1-3H3. The average molecular weight is 291 g/mol. The number of aryl methyl sites for hydroxylation is 3. The van der Waals surface area contributed by atoms with E-state index in [1.165, 1.54) is 0 Å². The van der Waals surface area contributed by atoms with Crippen molar-refractivity contribution in [2.75, 3.05) is 7.05 Å². The fourth-order valence-corrected chi connectivity index (χ4v) is 2.07. The lowest BCUT2D eigenvalue weighted by molar-refractivity contribution is -0.130. The van der Waals surface area contributed by atoms with Crippen LogP contribution in [0, 0.1) is 0 Å². The van der Waals surface area contributed by atoms with E-state index in [0.29, 0.717) is 19.4 Å². The van der Waals surface area contributed by atoms with Gasteiger partial charge in [0.15, 0.2) is 5.82 Å². The van der Waals surface area contributed by atoms with Gasteiger partial charge in [-0.1, -0.05) is 6.92 Å². The molecule has 0 unspecified atom stereocenters. The number of nitrogens with zero attached hydrogens (tertiary/aromatic N) is 7. The summed E-state index contributed by atoms with van der Waals surface area (Å²) in [5.41, 5.74) is 0. The van der Waals surface area contributed by atoms with Gasteiger partial charge in [-0.25, -0.2) is 0 Å². The van der Waals surface area contributed by atoms with Gasteiger partial charge in [0.1, 0.15) is 18.5 Å². The quantitative estimate of drug-likeness (QED) is 0.738. The topological polar surface area (TPSA) is 81.7 Å². The molecule has 114 valence electrons. The van der Waals surface area contributed by atoms with Gasteiger partial charge in [0.25, 0.3) is 0 Å². The molecule has 0 fully saturated rings. The molecule has 2 rings (SSSR count). The maximum absolute atomic E-state index is 12.2. The molecule has 8 heteroatoms. The van der Waals surface area contributed by atoms with Gasteiger partial charge in [-0.05, 0) is 6.42 Å². The van der Waals surface area contributed by atoms with Gasteiger partial charge < -0.3 is 14.0 Å². The van der Waals surface area contributed by atoms with E-state index < -0.39 is 0 Å². The first kappa shape index (κ1) is 15.1. The Morgan fingerprint density at radius 1 is 1.24 bits per heavy atom. The Labute approximate surface area is 123 Å². The van der Waals surface area contributed by atoms with Crippen LogP contribution in [-0.4, -0.2) is 47.4 Å². The van der Waals surface area contributed by atoms with Crippen molar-refractivity contribution >= 4 is 5.91 Å². The first-order valence-corrected chi connectivity index (χ1v) is 7.05. The fraction of sp³-hybridized carbons (Fsp3) is 0.615. The zero-order valence-electron chi connectivity index (χ0n) is 12.7. The van der Waals surface area contributed by atoms with E-state index in [-0.39, 0.29) is 5.91 Å². The van der Waals surface area contributed by atoms with Crippen LogP contribution in [0.3, 0.4) is 0 Å². The number of carbonyl (C=O) groups is 1. The molecule has 0 saturated heterocycles. The van der Waals surface area contributed by atoms with Gasteiger partial charge in [-0.15, -0.1) is 20.4 Å². The molecule has 0 aliphatic rings. The van der Waals surface area contributed by atoms with Gasteiger partial charge in [0.05, 0.1) is 6.54 Å². The third kappa shape index (κ3) is 3.87. The van der Waals surface area contributed by atoms with Crippen molar-refractivity contribution in [2.24, 2.45) is 7.05 Å². The van der Waals surface area contributed by atoms with E-state index in [4.69, 9.17) is 0 Å². The monoisotopic (exact) mass is 291 g/mol. The third-order valence-electron chi connectivity index (χ3n) is 3.33. The Morgan fingerprint density at radius 3 is 2.62 bits per heavy atom. The second-order valence-corrected chi connectivity index (χ2v) is 5.05. The van der Waals surface area contributed by atoms with Crippen LogP contribution < -0.4 is 0 Å². The maximum atomic E-state index is 12.2. The number of amides is 1. The molecule has 0 aliphatic carbocycles. The summed E-state index contributed by atoms with van der Waals surface area (Å²) in [4.78, 5) is 13.8. The lowest BCUT2D eigenvalue weighted by Gasteiger charge is -2.17. The van der Waals surface area contributed by atoms with Crippen molar-refractivity contribution < 1.29 is 4.79 Å². The molecule has 0 aromatic carbocycles. The largest absolute Gasteiger partial charge is 0.338 e. The van der Waals surface area contributed by atoms with Gasteiger partial charge in [-0.3, -0.25) is 4.79 Å². The van der Waals surface area contributed by atoms with Crippen LogP contribution in [0.15, 0.2) is 12.7 Å². The molecule has 2 aromatic heterocycles. The summed E-state index contributed by atoms with van der Waals surface area (Å²) in [6, 6.07) is 0. The summed E-state index contributed by atoms with van der Waals surface area (Å²) in [5, 5.41) is 15.8. The molecular weight excluding hydrogens is 270 g/mol. The van der Waals surface area contributed by atoms with Crippen LogP contribution in [-0.2, 0) is 31.4 Å². The smallest absolute Gasteiger partial charge is 0.223 e. The van der Waals surface area contributed by atoms with E-state index in [1.807, 2.05) is 16.2 Å². The number of hydrogen-bond donors (Lipinski definition) is 0. The SMILES string of the molecule is CCCn1cnnc1CN(C)C(=O)CCc1nncn1C. The average Bonchev–Trinajstić information content (AvgIpc) is 3.06. The predicted octanol–water partition coefficient (Wildman–Crippen LogP) is 0.408. The van der Waals surface area contributed by atoms with Crippen molar-refractivity contribution in [3.63, 3.8) is 0 Å². The molecular formula is C13H21N7O. The van der Waals surface area contributed by atoms with E-state index in [9.17, 15) is 4.79 Å². The molecule has 0 bridgehead atoms. The van der Waals surface area contributed by atoms with Gasteiger partial charge in [-0.2, -0.15) is 0 Å². The molecule has 0 spiro atoms. The molecule has 2 heterocycles. The number of hydrogen-bond acceptors (Lipinski definition) is 5.